The van der Waals surface area contributed by atoms with Crippen molar-refractivity contribution in [3.05, 3.63) is 70.6 Å². The number of hydrogen-bond donors (Lipinski definition) is 1. The van der Waals surface area contributed by atoms with Gasteiger partial charge in [0.2, 0.25) is 5.91 Å². The summed E-state index contributed by atoms with van der Waals surface area (Å²) in [5, 5.41) is 4.23. The number of carbonyl (C=O) groups is 1. The number of benzene rings is 2. The topological polar surface area (TPSA) is 43.3 Å². The van der Waals surface area contributed by atoms with E-state index < -0.39 is 0 Å². The molecular formula is C21H20ClFN2O2. The van der Waals surface area contributed by atoms with Crippen LogP contribution < -0.4 is 10.1 Å². The lowest BCUT2D eigenvalue weighted by Crippen LogP contribution is -2.25. The molecule has 1 N–H and O–H groups in total. The molecule has 3 aromatic rings. The summed E-state index contributed by atoms with van der Waals surface area (Å²) in [6.07, 6.45) is 3.17. The van der Waals surface area contributed by atoms with Crippen LogP contribution in [0.3, 0.4) is 0 Å². The van der Waals surface area contributed by atoms with Crippen LogP contribution in [0.15, 0.2) is 48.5 Å². The minimum Gasteiger partial charge on any atom is -0.495 e. The van der Waals surface area contributed by atoms with Gasteiger partial charge in [-0.2, -0.15) is 0 Å². The van der Waals surface area contributed by atoms with Crippen molar-refractivity contribution in [2.45, 2.75) is 13.5 Å². The molecule has 3 rings (SSSR count). The summed E-state index contributed by atoms with van der Waals surface area (Å²) in [6, 6.07) is 12.0. The Hall–Kier alpha value is -2.79. The molecule has 27 heavy (non-hydrogen) atoms. The van der Waals surface area contributed by atoms with Gasteiger partial charge < -0.3 is 14.6 Å². The van der Waals surface area contributed by atoms with Crippen molar-refractivity contribution in [2.75, 3.05) is 13.7 Å². The van der Waals surface area contributed by atoms with E-state index in [1.165, 1.54) is 18.2 Å². The van der Waals surface area contributed by atoms with Gasteiger partial charge in [0, 0.05) is 35.8 Å². The zero-order chi connectivity index (χ0) is 19.4. The molecule has 0 radical (unpaired) electrons. The number of ether oxygens (including phenoxy) is 1. The molecule has 0 saturated carbocycles. The van der Waals surface area contributed by atoms with E-state index in [0.717, 1.165) is 22.2 Å². The van der Waals surface area contributed by atoms with Crippen LogP contribution in [0.1, 0.15) is 11.3 Å². The molecular weight excluding hydrogens is 367 g/mol. The number of halogens is 2. The van der Waals surface area contributed by atoms with E-state index >= 15 is 0 Å². The molecule has 140 valence electrons. The molecule has 0 unspecified atom stereocenters. The maximum absolute atomic E-state index is 13.3. The fraction of sp³-hybridized carbons (Fsp3) is 0.190. The van der Waals surface area contributed by atoms with Gasteiger partial charge in [0.1, 0.15) is 11.6 Å². The molecule has 0 aliphatic heterocycles. The molecule has 0 spiro atoms. The van der Waals surface area contributed by atoms with E-state index in [1.54, 1.807) is 31.4 Å². The third-order valence-corrected chi connectivity index (χ3v) is 4.62. The van der Waals surface area contributed by atoms with Crippen LogP contribution in [0.4, 0.5) is 4.39 Å². The quantitative estimate of drug-likeness (QED) is 0.630. The number of hydrogen-bond acceptors (Lipinski definition) is 2. The van der Waals surface area contributed by atoms with E-state index in [9.17, 15) is 9.18 Å². The van der Waals surface area contributed by atoms with E-state index in [1.807, 2.05) is 19.1 Å². The van der Waals surface area contributed by atoms with Crippen molar-refractivity contribution in [1.29, 1.82) is 0 Å². The maximum Gasteiger partial charge on any atom is 0.244 e. The molecule has 1 amide bonds. The van der Waals surface area contributed by atoms with Crippen LogP contribution in [-0.4, -0.2) is 24.1 Å². The maximum atomic E-state index is 13.3. The van der Waals surface area contributed by atoms with Crippen LogP contribution in [-0.2, 0) is 11.3 Å². The van der Waals surface area contributed by atoms with Crippen LogP contribution in [0.25, 0.3) is 17.0 Å². The summed E-state index contributed by atoms with van der Waals surface area (Å²) in [5.74, 6) is 0.117. The molecule has 2 aromatic carbocycles. The summed E-state index contributed by atoms with van der Waals surface area (Å²) < 4.78 is 20.6. The first-order valence-electron chi connectivity index (χ1n) is 8.53. The molecule has 4 nitrogen and oxygen atoms in total. The van der Waals surface area contributed by atoms with Gasteiger partial charge in [0.25, 0.3) is 0 Å². The fourth-order valence-electron chi connectivity index (χ4n) is 2.98. The number of aryl methyl sites for hydroxylation is 1. The Morgan fingerprint density at radius 3 is 2.85 bits per heavy atom. The fourth-order valence-corrected chi connectivity index (χ4v) is 3.17. The Kier molecular flexibility index (Phi) is 5.81. The lowest BCUT2D eigenvalue weighted by molar-refractivity contribution is -0.116. The van der Waals surface area contributed by atoms with E-state index in [2.05, 4.69) is 9.88 Å². The Balaban J connectivity index is 1.59. The second kappa shape index (κ2) is 8.27. The first-order chi connectivity index (χ1) is 13.0. The molecule has 1 aromatic heterocycles. The zero-order valence-electron chi connectivity index (χ0n) is 15.1. The molecule has 0 saturated heterocycles. The molecule has 0 aliphatic carbocycles. The van der Waals surface area contributed by atoms with E-state index in [4.69, 9.17) is 16.3 Å². The van der Waals surface area contributed by atoms with Crippen LogP contribution in [0.2, 0.25) is 5.02 Å². The van der Waals surface area contributed by atoms with Gasteiger partial charge in [-0.05, 0) is 55.0 Å². The molecule has 0 atom stereocenters. The summed E-state index contributed by atoms with van der Waals surface area (Å²) in [7, 11) is 1.54. The van der Waals surface area contributed by atoms with Crippen molar-refractivity contribution in [3.8, 4) is 5.75 Å². The Morgan fingerprint density at radius 1 is 1.26 bits per heavy atom. The monoisotopic (exact) mass is 386 g/mol. The smallest absolute Gasteiger partial charge is 0.244 e. The normalized spacial score (nSPS) is 11.3. The Bertz CT molecular complexity index is 1010. The molecule has 6 heteroatoms. The highest BCUT2D eigenvalue weighted by molar-refractivity contribution is 6.32. The average molecular weight is 387 g/mol. The highest BCUT2D eigenvalue weighted by atomic mass is 35.5. The summed E-state index contributed by atoms with van der Waals surface area (Å²) in [6.45, 7) is 3.04. The van der Waals surface area contributed by atoms with Crippen molar-refractivity contribution < 1.29 is 13.9 Å². The third kappa shape index (κ3) is 4.49. The molecule has 0 fully saturated rings. The largest absolute Gasteiger partial charge is 0.495 e. The first-order valence-corrected chi connectivity index (χ1v) is 8.90. The minimum absolute atomic E-state index is 0.191. The zero-order valence-corrected chi connectivity index (χ0v) is 15.9. The molecule has 0 bridgehead atoms. The average Bonchev–Trinajstić information content (AvgIpc) is 2.95. The number of nitrogens with zero attached hydrogens (tertiary/aromatic N) is 1. The number of methoxy groups -OCH3 is 1. The Labute approximate surface area is 162 Å². The predicted octanol–water partition coefficient (Wildman–Crippen LogP) is 4.58. The highest BCUT2D eigenvalue weighted by Crippen LogP contribution is 2.25. The summed E-state index contributed by atoms with van der Waals surface area (Å²) in [5.41, 5.74) is 2.79. The molecule has 1 heterocycles. The lowest BCUT2D eigenvalue weighted by Gasteiger charge is -2.09. The van der Waals surface area contributed by atoms with Gasteiger partial charge in [0.05, 0.1) is 12.1 Å². The minimum atomic E-state index is -0.253. The second-order valence-electron chi connectivity index (χ2n) is 6.16. The first kappa shape index (κ1) is 19.0. The highest BCUT2D eigenvalue weighted by Gasteiger charge is 2.07. The van der Waals surface area contributed by atoms with E-state index in [0.29, 0.717) is 23.9 Å². The van der Waals surface area contributed by atoms with Gasteiger partial charge in [-0.1, -0.05) is 17.7 Å². The predicted molar refractivity (Wildman–Crippen MR) is 107 cm³/mol. The van der Waals surface area contributed by atoms with Gasteiger partial charge in [0.15, 0.2) is 0 Å². The van der Waals surface area contributed by atoms with Crippen LogP contribution in [0.5, 0.6) is 5.75 Å². The van der Waals surface area contributed by atoms with Gasteiger partial charge in [-0.25, -0.2) is 4.39 Å². The van der Waals surface area contributed by atoms with Crippen molar-refractivity contribution in [2.24, 2.45) is 0 Å². The lowest BCUT2D eigenvalue weighted by atomic mass is 10.2. The van der Waals surface area contributed by atoms with Gasteiger partial charge >= 0.3 is 0 Å². The van der Waals surface area contributed by atoms with Crippen LogP contribution in [0, 0.1) is 12.7 Å². The van der Waals surface area contributed by atoms with Gasteiger partial charge in [-0.15, -0.1) is 0 Å². The summed E-state index contributed by atoms with van der Waals surface area (Å²) in [4.78, 5) is 12.0. The number of rotatable bonds is 6. The number of aromatic nitrogens is 1. The van der Waals surface area contributed by atoms with Crippen molar-refractivity contribution in [3.63, 3.8) is 0 Å². The number of nitrogens with one attached hydrogen (secondary N) is 1. The summed E-state index contributed by atoms with van der Waals surface area (Å²) >= 11 is 5.99. The number of amides is 1. The van der Waals surface area contributed by atoms with E-state index in [-0.39, 0.29) is 11.7 Å². The number of carbonyl (C=O) groups excluding carboxylic acids is 1. The van der Waals surface area contributed by atoms with Crippen molar-refractivity contribution in [1.82, 2.24) is 9.88 Å². The molecule has 0 aliphatic rings. The standard InChI is InChI=1S/C21H20ClFN2O2/c1-14-11-16-13-17(23)5-7-19(16)25(14)10-9-24-21(26)8-4-15-3-6-18(22)20(12-15)27-2/h3-8,11-13H,9-10H2,1-2H3,(H,24,26). The SMILES string of the molecule is COc1cc(C=CC(=O)NCCn2c(C)cc3cc(F)ccc32)ccc1Cl. The van der Waals surface area contributed by atoms with Crippen LogP contribution >= 0.6 is 11.6 Å². The van der Waals surface area contributed by atoms with Crippen molar-refractivity contribution >= 4 is 34.5 Å². The number of fused-ring (bicyclic) bond motifs is 1. The Morgan fingerprint density at radius 2 is 2.07 bits per heavy atom. The van der Waals surface area contributed by atoms with Gasteiger partial charge in [-0.3, -0.25) is 4.79 Å². The third-order valence-electron chi connectivity index (χ3n) is 4.31. The second-order valence-corrected chi connectivity index (χ2v) is 6.57.